The third-order valence-electron chi connectivity index (χ3n) is 5.28. The molecule has 0 saturated heterocycles. The number of benzene rings is 1. The molecule has 1 amide bonds. The summed E-state index contributed by atoms with van der Waals surface area (Å²) in [6.07, 6.45) is 14.8. The maximum Gasteiger partial charge on any atom is 0.244 e. The monoisotopic (exact) mass is 386 g/mol. The summed E-state index contributed by atoms with van der Waals surface area (Å²) >= 11 is 0. The minimum Gasteiger partial charge on any atom is -0.350 e. The quantitative estimate of drug-likeness (QED) is 0.637. The second kappa shape index (κ2) is 9.32. The van der Waals surface area contributed by atoms with Gasteiger partial charge in [-0.3, -0.25) is 14.5 Å². The van der Waals surface area contributed by atoms with E-state index in [0.29, 0.717) is 12.6 Å². The van der Waals surface area contributed by atoms with Crippen LogP contribution in [-0.4, -0.2) is 26.7 Å². The molecule has 5 nitrogen and oxygen atoms in total. The molecule has 1 saturated carbocycles. The van der Waals surface area contributed by atoms with E-state index in [4.69, 9.17) is 5.10 Å². The maximum absolute atomic E-state index is 12.4. The van der Waals surface area contributed by atoms with Crippen molar-refractivity contribution >= 4 is 12.0 Å². The van der Waals surface area contributed by atoms with Crippen LogP contribution in [-0.2, 0) is 11.3 Å². The molecule has 1 aromatic carbocycles. The van der Waals surface area contributed by atoms with Gasteiger partial charge in [0.05, 0.1) is 6.54 Å². The summed E-state index contributed by atoms with van der Waals surface area (Å²) < 4.78 is 1.91. The van der Waals surface area contributed by atoms with Gasteiger partial charge in [-0.1, -0.05) is 49.6 Å². The van der Waals surface area contributed by atoms with Gasteiger partial charge in [-0.15, -0.1) is 0 Å². The molecule has 5 heteroatoms. The highest BCUT2D eigenvalue weighted by Crippen LogP contribution is 2.23. The standard InChI is InChI=1S/C24H26N4O/c29-23(26-22-11-5-2-6-12-22)14-13-21-18-28(17-19-8-3-1-4-9-19)27-24(21)20-10-7-15-25-16-20/h1,3-4,7-10,13-16,18,22H,2,5-6,11-12,17H2,(H,26,29)/b14-13+. The molecule has 2 aromatic heterocycles. The van der Waals surface area contributed by atoms with E-state index in [9.17, 15) is 4.79 Å². The lowest BCUT2D eigenvalue weighted by Crippen LogP contribution is -2.34. The number of aromatic nitrogens is 3. The van der Waals surface area contributed by atoms with Crippen molar-refractivity contribution in [1.82, 2.24) is 20.1 Å². The van der Waals surface area contributed by atoms with Crippen molar-refractivity contribution in [3.63, 3.8) is 0 Å². The number of hydrogen-bond acceptors (Lipinski definition) is 3. The van der Waals surface area contributed by atoms with E-state index in [1.54, 1.807) is 18.5 Å². The number of rotatable bonds is 6. The second-order valence-corrected chi connectivity index (χ2v) is 7.53. The minimum atomic E-state index is -0.0372. The van der Waals surface area contributed by atoms with Crippen molar-refractivity contribution in [2.75, 3.05) is 0 Å². The van der Waals surface area contributed by atoms with Crippen molar-refractivity contribution in [2.24, 2.45) is 0 Å². The first-order chi connectivity index (χ1) is 14.3. The van der Waals surface area contributed by atoms with E-state index in [-0.39, 0.29) is 5.91 Å². The first-order valence-electron chi connectivity index (χ1n) is 10.3. The molecule has 29 heavy (non-hydrogen) atoms. The van der Waals surface area contributed by atoms with Gasteiger partial charge in [0, 0.05) is 41.8 Å². The molecule has 0 bridgehead atoms. The number of carbonyl (C=O) groups excluding carboxylic acids is 1. The van der Waals surface area contributed by atoms with Crippen LogP contribution in [0.2, 0.25) is 0 Å². The highest BCUT2D eigenvalue weighted by molar-refractivity contribution is 5.93. The zero-order valence-electron chi connectivity index (χ0n) is 16.5. The Hall–Kier alpha value is -3.21. The molecule has 1 aliphatic rings. The highest BCUT2D eigenvalue weighted by Gasteiger charge is 2.15. The van der Waals surface area contributed by atoms with E-state index in [1.807, 2.05) is 47.3 Å². The first-order valence-corrected chi connectivity index (χ1v) is 10.3. The molecular formula is C24H26N4O. The third kappa shape index (κ3) is 5.19. The molecule has 2 heterocycles. The lowest BCUT2D eigenvalue weighted by atomic mass is 9.95. The molecule has 4 rings (SSSR count). The van der Waals surface area contributed by atoms with Crippen LogP contribution in [0.4, 0.5) is 0 Å². The molecule has 0 spiro atoms. The highest BCUT2D eigenvalue weighted by atomic mass is 16.1. The molecule has 0 aliphatic heterocycles. The molecule has 148 valence electrons. The summed E-state index contributed by atoms with van der Waals surface area (Å²) in [4.78, 5) is 16.6. The summed E-state index contributed by atoms with van der Waals surface area (Å²) in [5.74, 6) is -0.0372. The average Bonchev–Trinajstić information content (AvgIpc) is 3.17. The minimum absolute atomic E-state index is 0.0372. The zero-order valence-corrected chi connectivity index (χ0v) is 16.5. The van der Waals surface area contributed by atoms with Crippen LogP contribution < -0.4 is 5.32 Å². The van der Waals surface area contributed by atoms with Crippen LogP contribution in [0.15, 0.2) is 67.1 Å². The third-order valence-corrected chi connectivity index (χ3v) is 5.28. The van der Waals surface area contributed by atoms with Gasteiger partial charge < -0.3 is 5.32 Å². The Balaban J connectivity index is 1.54. The first kappa shape index (κ1) is 19.1. The van der Waals surface area contributed by atoms with E-state index >= 15 is 0 Å². The summed E-state index contributed by atoms with van der Waals surface area (Å²) in [5, 5.41) is 7.89. The van der Waals surface area contributed by atoms with Gasteiger partial charge in [-0.05, 0) is 36.6 Å². The van der Waals surface area contributed by atoms with E-state index in [2.05, 4.69) is 22.4 Å². The number of carbonyl (C=O) groups is 1. The van der Waals surface area contributed by atoms with Crippen LogP contribution in [0.1, 0.15) is 43.2 Å². The van der Waals surface area contributed by atoms with Gasteiger partial charge in [0.1, 0.15) is 5.69 Å². The fourth-order valence-electron chi connectivity index (χ4n) is 3.80. The molecule has 0 radical (unpaired) electrons. The normalized spacial score (nSPS) is 14.9. The Kier molecular flexibility index (Phi) is 6.15. The van der Waals surface area contributed by atoms with Crippen molar-refractivity contribution in [3.05, 3.63) is 78.3 Å². The van der Waals surface area contributed by atoms with Crippen LogP contribution in [0.5, 0.6) is 0 Å². The summed E-state index contributed by atoms with van der Waals surface area (Å²) in [6, 6.07) is 14.4. The largest absolute Gasteiger partial charge is 0.350 e. The Morgan fingerprint density at radius 2 is 1.93 bits per heavy atom. The van der Waals surface area contributed by atoms with Crippen LogP contribution in [0.25, 0.3) is 17.3 Å². The molecule has 1 fully saturated rings. The number of nitrogens with one attached hydrogen (secondary N) is 1. The van der Waals surface area contributed by atoms with Gasteiger partial charge in [-0.2, -0.15) is 5.10 Å². The number of pyridine rings is 1. The van der Waals surface area contributed by atoms with Gasteiger partial charge in [0.15, 0.2) is 0 Å². The predicted octanol–water partition coefficient (Wildman–Crippen LogP) is 4.46. The van der Waals surface area contributed by atoms with Crippen LogP contribution in [0.3, 0.4) is 0 Å². The van der Waals surface area contributed by atoms with Gasteiger partial charge in [-0.25, -0.2) is 0 Å². The number of hydrogen-bond donors (Lipinski definition) is 1. The van der Waals surface area contributed by atoms with Gasteiger partial charge in [0.25, 0.3) is 0 Å². The Bertz CT molecular complexity index is 957. The fourth-order valence-corrected chi connectivity index (χ4v) is 3.80. The van der Waals surface area contributed by atoms with Crippen molar-refractivity contribution in [2.45, 2.75) is 44.7 Å². The Morgan fingerprint density at radius 3 is 2.69 bits per heavy atom. The van der Waals surface area contributed by atoms with Crippen LogP contribution >= 0.6 is 0 Å². The molecule has 3 aromatic rings. The lowest BCUT2D eigenvalue weighted by Gasteiger charge is -2.21. The summed E-state index contributed by atoms with van der Waals surface area (Å²) in [5.41, 5.74) is 3.86. The predicted molar refractivity (Wildman–Crippen MR) is 115 cm³/mol. The van der Waals surface area contributed by atoms with Crippen molar-refractivity contribution in [1.29, 1.82) is 0 Å². The maximum atomic E-state index is 12.4. The number of nitrogens with zero attached hydrogens (tertiary/aromatic N) is 3. The Labute approximate surface area is 171 Å². The molecule has 1 N–H and O–H groups in total. The topological polar surface area (TPSA) is 59.8 Å². The fraction of sp³-hybridized carbons (Fsp3) is 0.292. The smallest absolute Gasteiger partial charge is 0.244 e. The summed E-state index contributed by atoms with van der Waals surface area (Å²) in [7, 11) is 0. The van der Waals surface area contributed by atoms with Crippen molar-refractivity contribution in [3.8, 4) is 11.3 Å². The SMILES string of the molecule is O=C(/C=C/c1cn(Cc2ccccc2)nc1-c1cccnc1)NC1CCCCC1. The van der Waals surface area contributed by atoms with E-state index in [1.165, 1.54) is 24.8 Å². The van der Waals surface area contributed by atoms with Gasteiger partial charge in [0.2, 0.25) is 5.91 Å². The average molecular weight is 386 g/mol. The molecule has 1 aliphatic carbocycles. The molecular weight excluding hydrogens is 360 g/mol. The molecule has 0 unspecified atom stereocenters. The Morgan fingerprint density at radius 1 is 1.10 bits per heavy atom. The van der Waals surface area contributed by atoms with E-state index < -0.39 is 0 Å². The zero-order chi connectivity index (χ0) is 19.9. The second-order valence-electron chi connectivity index (χ2n) is 7.53. The van der Waals surface area contributed by atoms with Crippen molar-refractivity contribution < 1.29 is 4.79 Å². The summed E-state index contributed by atoms with van der Waals surface area (Å²) in [6.45, 7) is 0.677. The van der Waals surface area contributed by atoms with Crippen LogP contribution in [0, 0.1) is 0 Å². The lowest BCUT2D eigenvalue weighted by molar-refractivity contribution is -0.117. The van der Waals surface area contributed by atoms with E-state index in [0.717, 1.165) is 29.7 Å². The number of amides is 1. The van der Waals surface area contributed by atoms with Gasteiger partial charge >= 0.3 is 0 Å². The molecule has 0 atom stereocenters.